The third-order valence-electron chi connectivity index (χ3n) is 5.76. The molecule has 1 aromatic rings. The maximum Gasteiger partial charge on any atom is 0.330 e. The van der Waals surface area contributed by atoms with E-state index in [0.29, 0.717) is 23.8 Å². The van der Waals surface area contributed by atoms with Crippen LogP contribution in [0.2, 0.25) is 0 Å². The third kappa shape index (κ3) is 2.76. The molecule has 2 saturated heterocycles. The van der Waals surface area contributed by atoms with Crippen LogP contribution in [-0.4, -0.2) is 50.4 Å². The predicted molar refractivity (Wildman–Crippen MR) is 98.2 cm³/mol. The van der Waals surface area contributed by atoms with Crippen LogP contribution in [0.4, 0.5) is 0 Å². The van der Waals surface area contributed by atoms with Gasteiger partial charge in [0.2, 0.25) is 11.7 Å². The number of amides is 1. The molecule has 26 heavy (non-hydrogen) atoms. The van der Waals surface area contributed by atoms with Crippen molar-refractivity contribution in [3.63, 3.8) is 0 Å². The summed E-state index contributed by atoms with van der Waals surface area (Å²) in [5.74, 6) is -0.120. The highest BCUT2D eigenvalue weighted by Gasteiger charge is 2.53. The Morgan fingerprint density at radius 2 is 2.08 bits per heavy atom. The van der Waals surface area contributed by atoms with Gasteiger partial charge < -0.3 is 14.2 Å². The molecule has 1 saturated carbocycles. The molecule has 0 radical (unpaired) electrons. The Kier molecular flexibility index (Phi) is 4.17. The molecule has 0 spiro atoms. The summed E-state index contributed by atoms with van der Waals surface area (Å²) < 4.78 is 7.52. The van der Waals surface area contributed by atoms with Gasteiger partial charge in [-0.3, -0.25) is 9.59 Å². The lowest BCUT2D eigenvalue weighted by Gasteiger charge is -2.29. The van der Waals surface area contributed by atoms with Crippen molar-refractivity contribution in [3.05, 3.63) is 23.0 Å². The summed E-state index contributed by atoms with van der Waals surface area (Å²) in [5, 5.41) is 0. The molecule has 3 heterocycles. The summed E-state index contributed by atoms with van der Waals surface area (Å²) in [5.41, 5.74) is 2.65. The first kappa shape index (κ1) is 17.6. The van der Waals surface area contributed by atoms with E-state index in [0.717, 1.165) is 30.7 Å². The van der Waals surface area contributed by atoms with Crippen molar-refractivity contribution < 1.29 is 19.1 Å². The van der Waals surface area contributed by atoms with Gasteiger partial charge >= 0.3 is 5.97 Å². The summed E-state index contributed by atoms with van der Waals surface area (Å²) in [6, 6.07) is 1.82. The average Bonchev–Trinajstić information content (AvgIpc) is 3.21. The lowest BCUT2D eigenvalue weighted by molar-refractivity contribution is -0.152. The van der Waals surface area contributed by atoms with Gasteiger partial charge in [0.1, 0.15) is 6.04 Å². The fraction of sp³-hybridized carbons (Fsp3) is 0.632. The van der Waals surface area contributed by atoms with E-state index < -0.39 is 12.0 Å². The molecule has 0 unspecified atom stereocenters. The molecular formula is C19H24N2O4S. The summed E-state index contributed by atoms with van der Waals surface area (Å²) in [4.78, 5) is 38.5. The normalized spacial score (nSPS) is 27.7. The van der Waals surface area contributed by atoms with Crippen molar-refractivity contribution in [1.82, 2.24) is 9.47 Å². The van der Waals surface area contributed by atoms with E-state index in [9.17, 15) is 14.4 Å². The van der Waals surface area contributed by atoms with Gasteiger partial charge in [0.15, 0.2) is 6.61 Å². The zero-order valence-corrected chi connectivity index (χ0v) is 16.2. The highest BCUT2D eigenvalue weighted by Crippen LogP contribution is 2.47. The van der Waals surface area contributed by atoms with Crippen molar-refractivity contribution in [2.45, 2.75) is 63.4 Å². The third-order valence-corrected chi connectivity index (χ3v) is 7.26. The molecule has 1 amide bonds. The predicted octanol–water partition coefficient (Wildman–Crippen LogP) is 2.62. The van der Waals surface area contributed by atoms with Gasteiger partial charge in [-0.1, -0.05) is 0 Å². The number of hydrogen-bond acceptors (Lipinski definition) is 5. The van der Waals surface area contributed by atoms with E-state index in [1.54, 1.807) is 16.7 Å². The Labute approximate surface area is 157 Å². The summed E-state index contributed by atoms with van der Waals surface area (Å²) in [6.45, 7) is 5.67. The number of aromatic nitrogens is 1. The zero-order valence-electron chi connectivity index (χ0n) is 15.4. The molecule has 2 atom stereocenters. The van der Waals surface area contributed by atoms with E-state index in [-0.39, 0.29) is 23.2 Å². The van der Waals surface area contributed by atoms with E-state index in [4.69, 9.17) is 4.74 Å². The largest absolute Gasteiger partial charge is 0.456 e. The molecule has 0 bridgehead atoms. The highest BCUT2D eigenvalue weighted by atomic mass is 32.2. The summed E-state index contributed by atoms with van der Waals surface area (Å²) in [7, 11) is 0. The molecule has 2 aliphatic heterocycles. The first-order valence-corrected chi connectivity index (χ1v) is 10.1. The molecule has 140 valence electrons. The fourth-order valence-electron chi connectivity index (χ4n) is 4.26. The number of rotatable bonds is 5. The summed E-state index contributed by atoms with van der Waals surface area (Å²) in [6.07, 6.45) is 3.54. The Balaban J connectivity index is 1.41. The van der Waals surface area contributed by atoms with Crippen LogP contribution in [0.5, 0.6) is 0 Å². The van der Waals surface area contributed by atoms with E-state index in [2.05, 4.69) is 4.57 Å². The second-order valence-corrected chi connectivity index (χ2v) is 9.18. The fourth-order valence-corrected chi connectivity index (χ4v) is 5.68. The van der Waals surface area contributed by atoms with Gasteiger partial charge in [0.25, 0.3) is 0 Å². The van der Waals surface area contributed by atoms with Crippen LogP contribution in [-0.2, 0) is 14.3 Å². The molecule has 0 aromatic carbocycles. The quantitative estimate of drug-likeness (QED) is 0.584. The molecule has 1 aliphatic carbocycles. The van der Waals surface area contributed by atoms with Crippen molar-refractivity contribution in [2.75, 3.05) is 12.4 Å². The number of nitrogens with zero attached hydrogens (tertiary/aromatic N) is 2. The highest BCUT2D eigenvalue weighted by molar-refractivity contribution is 8.01. The lowest BCUT2D eigenvalue weighted by Crippen LogP contribution is -2.46. The number of ether oxygens (including phenoxy) is 1. The number of esters is 1. The van der Waals surface area contributed by atoms with E-state index in [1.807, 2.05) is 26.8 Å². The van der Waals surface area contributed by atoms with Gasteiger partial charge in [-0.15, -0.1) is 11.8 Å². The summed E-state index contributed by atoms with van der Waals surface area (Å²) >= 11 is 1.62. The Bertz CT molecular complexity index is 798. The molecule has 1 aromatic heterocycles. The topological polar surface area (TPSA) is 68.6 Å². The molecule has 3 aliphatic rings. The van der Waals surface area contributed by atoms with Gasteiger partial charge in [-0.25, -0.2) is 4.79 Å². The average molecular weight is 376 g/mol. The second-order valence-electron chi connectivity index (χ2n) is 7.68. The Hall–Kier alpha value is -1.76. The number of Topliss-reactive ketones (excluding diaryl/α,β-unsaturated/α-hetero) is 1. The molecule has 6 nitrogen and oxygen atoms in total. The number of hydrogen-bond donors (Lipinski definition) is 0. The number of aryl methyl sites for hydroxylation is 1. The minimum absolute atomic E-state index is 0.00115. The van der Waals surface area contributed by atoms with Crippen LogP contribution in [0, 0.1) is 13.8 Å². The first-order chi connectivity index (χ1) is 12.3. The number of thioether (sulfide) groups is 1. The zero-order chi connectivity index (χ0) is 18.6. The van der Waals surface area contributed by atoms with Gasteiger partial charge in [0, 0.05) is 35.2 Å². The van der Waals surface area contributed by atoms with Crippen molar-refractivity contribution in [2.24, 2.45) is 0 Å². The maximum atomic E-state index is 12.6. The maximum absolute atomic E-state index is 12.6. The lowest BCUT2D eigenvalue weighted by atomic mass is 10.1. The van der Waals surface area contributed by atoms with Gasteiger partial charge in [-0.2, -0.15) is 0 Å². The first-order valence-electron chi connectivity index (χ1n) is 9.16. The Morgan fingerprint density at radius 3 is 2.77 bits per heavy atom. The van der Waals surface area contributed by atoms with Gasteiger partial charge in [0.05, 0.1) is 4.87 Å². The van der Waals surface area contributed by atoms with Crippen LogP contribution >= 0.6 is 11.8 Å². The van der Waals surface area contributed by atoms with Crippen molar-refractivity contribution >= 4 is 29.4 Å². The number of carbonyl (C=O) groups excluding carboxylic acids is 3. The van der Waals surface area contributed by atoms with Crippen molar-refractivity contribution in [1.29, 1.82) is 0 Å². The van der Waals surface area contributed by atoms with E-state index in [1.165, 1.54) is 0 Å². The molecular weight excluding hydrogens is 352 g/mol. The molecule has 4 rings (SSSR count). The molecule has 0 N–H and O–H groups in total. The minimum Gasteiger partial charge on any atom is -0.456 e. The van der Waals surface area contributed by atoms with Gasteiger partial charge in [-0.05, 0) is 46.1 Å². The molecule has 7 heteroatoms. The van der Waals surface area contributed by atoms with Crippen molar-refractivity contribution in [3.8, 4) is 0 Å². The van der Waals surface area contributed by atoms with Crippen LogP contribution in [0.3, 0.4) is 0 Å². The molecule has 3 fully saturated rings. The minimum atomic E-state index is -0.577. The van der Waals surface area contributed by atoms with Crippen LogP contribution < -0.4 is 0 Å². The second kappa shape index (κ2) is 6.15. The number of fused-ring (bicyclic) bond motifs is 1. The Morgan fingerprint density at radius 1 is 1.35 bits per heavy atom. The SMILES string of the molecule is Cc1cc(C(=O)COC(=O)[C@H]2CS[C@@]3(C)CCC(=O)N23)c(C)n1C1CC1. The number of ketones is 1. The van der Waals surface area contributed by atoms with Crippen LogP contribution in [0.25, 0.3) is 0 Å². The van der Waals surface area contributed by atoms with Crippen LogP contribution in [0.15, 0.2) is 6.07 Å². The number of carbonyl (C=O) groups is 3. The smallest absolute Gasteiger partial charge is 0.330 e. The van der Waals surface area contributed by atoms with Crippen LogP contribution in [0.1, 0.15) is 60.4 Å². The standard InChI is InChI=1S/C19H24N2O4S/c1-11-8-14(12(2)20(11)13-4-5-13)16(22)9-25-18(24)15-10-26-19(3)7-6-17(23)21(15)19/h8,13,15H,4-7,9-10H2,1-3H3/t15-,19+/m1/s1. The monoisotopic (exact) mass is 376 g/mol. The van der Waals surface area contributed by atoms with E-state index >= 15 is 0 Å².